The minimum Gasteiger partial charge on any atom is -0.486 e. The summed E-state index contributed by atoms with van der Waals surface area (Å²) in [6, 6.07) is 6.62. The van der Waals surface area contributed by atoms with Crippen LogP contribution < -0.4 is 10.1 Å². The van der Waals surface area contributed by atoms with Crippen LogP contribution in [0.5, 0.6) is 5.75 Å². The van der Waals surface area contributed by atoms with Gasteiger partial charge < -0.3 is 33.6 Å². The van der Waals surface area contributed by atoms with Gasteiger partial charge in [-0.15, -0.1) is 10.2 Å². The first kappa shape index (κ1) is 29.9. The number of benzene rings is 1. The number of ether oxygens (including phenoxy) is 5. The quantitative estimate of drug-likeness (QED) is 0.328. The molecule has 13 nitrogen and oxygen atoms in total. The van der Waals surface area contributed by atoms with Crippen LogP contribution >= 0.6 is 11.8 Å². The molecule has 1 saturated heterocycles. The van der Waals surface area contributed by atoms with Gasteiger partial charge in [0.25, 0.3) is 0 Å². The molecule has 0 saturated carbocycles. The van der Waals surface area contributed by atoms with E-state index in [-0.39, 0.29) is 13.2 Å². The van der Waals surface area contributed by atoms with Crippen molar-refractivity contribution in [1.29, 1.82) is 0 Å². The average molecular weight is 565 g/mol. The Morgan fingerprint density at radius 2 is 1.62 bits per heavy atom. The van der Waals surface area contributed by atoms with Crippen molar-refractivity contribution >= 4 is 35.6 Å². The smallest absolute Gasteiger partial charge is 0.303 e. The molecule has 1 aromatic carbocycles. The largest absolute Gasteiger partial charge is 0.486 e. The highest BCUT2D eigenvalue weighted by Gasteiger charge is 2.51. The zero-order chi connectivity index (χ0) is 28.7. The maximum Gasteiger partial charge on any atom is 0.303 e. The lowest BCUT2D eigenvalue weighted by Gasteiger charge is -2.44. The lowest BCUT2D eigenvalue weighted by atomic mass is 9.97. The Hall–Kier alpha value is -3.65. The molecule has 1 fully saturated rings. The van der Waals surface area contributed by atoms with E-state index in [0.717, 1.165) is 17.3 Å². The minimum atomic E-state index is -1.17. The van der Waals surface area contributed by atoms with Crippen molar-refractivity contribution in [2.75, 3.05) is 6.61 Å². The molecule has 1 aromatic heterocycles. The first-order valence-electron chi connectivity index (χ1n) is 12.1. The van der Waals surface area contributed by atoms with Gasteiger partial charge in [0.1, 0.15) is 36.5 Å². The highest BCUT2D eigenvalue weighted by Crippen LogP contribution is 2.35. The molecule has 2 aromatic rings. The number of carbonyl (C=O) groups excluding carboxylic acids is 4. The SMILES string of the molecule is CC(=O)N[C@H]1[C@H](OC(C)=O)[C@H](OC(C)=O)[C@H](COC(C)=O)O[C@@H]1Sc1nnc(COc2ccc(C)cc2)n1C. The second-order valence-electron chi connectivity index (χ2n) is 8.90. The van der Waals surface area contributed by atoms with Gasteiger partial charge in [0, 0.05) is 34.7 Å². The Balaban J connectivity index is 1.88. The van der Waals surface area contributed by atoms with Crippen LogP contribution in [0.15, 0.2) is 29.4 Å². The van der Waals surface area contributed by atoms with Crippen LogP contribution in [-0.2, 0) is 51.8 Å². The fourth-order valence-corrected chi connectivity index (χ4v) is 4.98. The van der Waals surface area contributed by atoms with E-state index < -0.39 is 53.6 Å². The first-order valence-corrected chi connectivity index (χ1v) is 13.0. The van der Waals surface area contributed by atoms with Crippen molar-refractivity contribution in [2.45, 2.75) is 76.2 Å². The van der Waals surface area contributed by atoms with Gasteiger partial charge in [-0.1, -0.05) is 29.5 Å². The maximum absolute atomic E-state index is 12.1. The number of rotatable bonds is 10. The summed E-state index contributed by atoms with van der Waals surface area (Å²) >= 11 is 1.10. The molecular weight excluding hydrogens is 532 g/mol. The van der Waals surface area contributed by atoms with E-state index >= 15 is 0 Å². The number of nitrogens with one attached hydrogen (secondary N) is 1. The van der Waals surface area contributed by atoms with E-state index in [2.05, 4.69) is 15.5 Å². The minimum absolute atomic E-state index is 0.146. The number of amides is 1. The molecule has 0 radical (unpaired) electrons. The van der Waals surface area contributed by atoms with E-state index in [1.165, 1.54) is 27.7 Å². The molecule has 0 unspecified atom stereocenters. The first-order chi connectivity index (χ1) is 18.4. The highest BCUT2D eigenvalue weighted by atomic mass is 32.2. The molecule has 39 heavy (non-hydrogen) atoms. The molecule has 2 heterocycles. The summed E-state index contributed by atoms with van der Waals surface area (Å²) in [5.74, 6) is -1.16. The third kappa shape index (κ3) is 8.42. The number of hydrogen-bond acceptors (Lipinski definition) is 12. The predicted octanol–water partition coefficient (Wildman–Crippen LogP) is 1.45. The fourth-order valence-electron chi connectivity index (χ4n) is 3.85. The molecule has 1 aliphatic heterocycles. The van der Waals surface area contributed by atoms with Crippen LogP contribution in [0.25, 0.3) is 0 Å². The Bertz CT molecular complexity index is 1190. The third-order valence-corrected chi connectivity index (χ3v) is 6.81. The van der Waals surface area contributed by atoms with Crippen LogP contribution in [0.3, 0.4) is 0 Å². The predicted molar refractivity (Wildman–Crippen MR) is 136 cm³/mol. The van der Waals surface area contributed by atoms with Gasteiger partial charge >= 0.3 is 17.9 Å². The van der Waals surface area contributed by atoms with Crippen molar-refractivity contribution < 1.29 is 42.9 Å². The molecule has 0 aliphatic carbocycles. The zero-order valence-corrected chi connectivity index (χ0v) is 23.4. The molecule has 1 N–H and O–H groups in total. The van der Waals surface area contributed by atoms with Gasteiger partial charge in [-0.05, 0) is 19.1 Å². The van der Waals surface area contributed by atoms with Crippen molar-refractivity contribution in [3.8, 4) is 5.75 Å². The normalized spacial score (nSPS) is 22.5. The molecule has 0 bridgehead atoms. The summed E-state index contributed by atoms with van der Waals surface area (Å²) in [5.41, 5.74) is 0.204. The highest BCUT2D eigenvalue weighted by molar-refractivity contribution is 7.99. The van der Waals surface area contributed by atoms with Crippen LogP contribution in [0.2, 0.25) is 0 Å². The van der Waals surface area contributed by atoms with Gasteiger partial charge in [-0.25, -0.2) is 0 Å². The van der Waals surface area contributed by atoms with E-state index in [0.29, 0.717) is 16.7 Å². The van der Waals surface area contributed by atoms with Gasteiger partial charge in [-0.3, -0.25) is 19.2 Å². The second kappa shape index (κ2) is 13.4. The van der Waals surface area contributed by atoms with Crippen LogP contribution in [-0.4, -0.2) is 75.0 Å². The van der Waals surface area contributed by atoms with Gasteiger partial charge in [-0.2, -0.15) is 0 Å². The maximum atomic E-state index is 12.1. The third-order valence-electron chi connectivity index (χ3n) is 5.61. The van der Waals surface area contributed by atoms with E-state index in [4.69, 9.17) is 23.7 Å². The summed E-state index contributed by atoms with van der Waals surface area (Å²) in [7, 11) is 1.74. The van der Waals surface area contributed by atoms with Crippen LogP contribution in [0, 0.1) is 6.92 Å². The van der Waals surface area contributed by atoms with Crippen LogP contribution in [0.1, 0.15) is 39.1 Å². The Morgan fingerprint density at radius 3 is 2.21 bits per heavy atom. The molecule has 5 atom stereocenters. The van der Waals surface area contributed by atoms with E-state index in [9.17, 15) is 19.2 Å². The number of thioether (sulfide) groups is 1. The van der Waals surface area contributed by atoms with Crippen LogP contribution in [0.4, 0.5) is 0 Å². The Labute approximate surface area is 229 Å². The van der Waals surface area contributed by atoms with Gasteiger partial charge in [0.15, 0.2) is 23.2 Å². The monoisotopic (exact) mass is 564 g/mol. The van der Waals surface area contributed by atoms with Crippen molar-refractivity contribution in [3.05, 3.63) is 35.7 Å². The molecule has 1 amide bonds. The summed E-state index contributed by atoms with van der Waals surface area (Å²) in [4.78, 5) is 47.6. The molecule has 0 spiro atoms. The van der Waals surface area contributed by atoms with Crippen molar-refractivity contribution in [3.63, 3.8) is 0 Å². The van der Waals surface area contributed by atoms with E-state index in [1.807, 2.05) is 31.2 Å². The Kier molecular flexibility index (Phi) is 10.3. The lowest BCUT2D eigenvalue weighted by molar-refractivity contribution is -0.211. The summed E-state index contributed by atoms with van der Waals surface area (Å²) in [5, 5.41) is 11.6. The molecule has 212 valence electrons. The number of aryl methyl sites for hydroxylation is 1. The number of aromatic nitrogens is 3. The summed E-state index contributed by atoms with van der Waals surface area (Å²) in [6.45, 7) is 6.73. The fraction of sp³-hybridized carbons (Fsp3) is 0.520. The number of hydrogen-bond donors (Lipinski definition) is 1. The second-order valence-corrected chi connectivity index (χ2v) is 9.96. The number of nitrogens with zero attached hydrogens (tertiary/aromatic N) is 3. The van der Waals surface area contributed by atoms with Crippen molar-refractivity contribution in [1.82, 2.24) is 20.1 Å². The zero-order valence-electron chi connectivity index (χ0n) is 22.5. The molecule has 14 heteroatoms. The molecule has 3 rings (SSSR count). The van der Waals surface area contributed by atoms with E-state index in [1.54, 1.807) is 11.6 Å². The average Bonchev–Trinajstić information content (AvgIpc) is 3.19. The number of carbonyl (C=O) groups is 4. The standard InChI is InChI=1S/C25H32N4O9S/c1-13-7-9-18(10-8-13)35-12-20-27-28-25(29(20)6)39-24-21(26-14(2)30)23(37-17(5)33)22(36-16(4)32)19(38-24)11-34-15(3)31/h7-10,19,21-24H,11-12H2,1-6H3,(H,26,30)/t19-,21-,22+,23-,24+/m0/s1. The van der Waals surface area contributed by atoms with Gasteiger partial charge in [0.2, 0.25) is 5.91 Å². The topological polar surface area (TPSA) is 157 Å². The molecule has 1 aliphatic rings. The lowest BCUT2D eigenvalue weighted by Crippen LogP contribution is -2.65. The van der Waals surface area contributed by atoms with Gasteiger partial charge in [0.05, 0.1) is 0 Å². The summed E-state index contributed by atoms with van der Waals surface area (Å²) < 4.78 is 29.8. The molecular formula is C25H32N4O9S. The Morgan fingerprint density at radius 1 is 0.974 bits per heavy atom. The number of esters is 3. The summed E-state index contributed by atoms with van der Waals surface area (Å²) in [6.07, 6.45) is -3.33. The van der Waals surface area contributed by atoms with Crippen molar-refractivity contribution in [2.24, 2.45) is 7.05 Å².